The molecule has 6 aromatic rings. The Kier molecular flexibility index (Phi) is 5.03. The summed E-state index contributed by atoms with van der Waals surface area (Å²) in [5, 5.41) is 9.68. The molecule has 0 unspecified atom stereocenters. The van der Waals surface area contributed by atoms with E-state index in [4.69, 9.17) is 0 Å². The summed E-state index contributed by atoms with van der Waals surface area (Å²) in [7, 11) is 0. The summed E-state index contributed by atoms with van der Waals surface area (Å²) in [6, 6.07) is 12.5. The van der Waals surface area contributed by atoms with Crippen LogP contribution >= 0.6 is 0 Å². The minimum atomic E-state index is 0.746. The van der Waals surface area contributed by atoms with Gasteiger partial charge in [-0.25, -0.2) is 9.97 Å². The Balaban J connectivity index is 1.28. The van der Waals surface area contributed by atoms with Crippen molar-refractivity contribution in [3.05, 3.63) is 79.1 Å². The van der Waals surface area contributed by atoms with Crippen molar-refractivity contribution in [2.45, 2.75) is 19.4 Å². The Morgan fingerprint density at radius 2 is 1.61 bits per heavy atom. The number of pyridine rings is 4. The largest absolute Gasteiger partial charge is 0.338 e. The highest BCUT2D eigenvalue weighted by atomic mass is 15.2. The molecule has 1 saturated heterocycles. The van der Waals surface area contributed by atoms with E-state index in [0.29, 0.717) is 0 Å². The van der Waals surface area contributed by atoms with Crippen LogP contribution in [0.4, 0.5) is 0 Å². The number of H-pyrrole nitrogens is 2. The predicted molar refractivity (Wildman–Crippen MR) is 140 cm³/mol. The molecule has 7 heterocycles. The van der Waals surface area contributed by atoms with Gasteiger partial charge < -0.3 is 4.98 Å². The first kappa shape index (κ1) is 20.9. The average Bonchev–Trinajstić information content (AvgIpc) is 3.68. The lowest BCUT2D eigenvalue weighted by Crippen LogP contribution is -2.18. The molecule has 36 heavy (non-hydrogen) atoms. The summed E-state index contributed by atoms with van der Waals surface area (Å²) < 4.78 is 0. The third-order valence-corrected chi connectivity index (χ3v) is 6.93. The van der Waals surface area contributed by atoms with Crippen LogP contribution in [0.15, 0.2) is 73.6 Å². The van der Waals surface area contributed by atoms with Crippen molar-refractivity contribution >= 4 is 22.1 Å². The molecule has 0 aromatic carbocycles. The Morgan fingerprint density at radius 1 is 0.750 bits per heavy atom. The van der Waals surface area contributed by atoms with Gasteiger partial charge in [-0.15, -0.1) is 0 Å². The van der Waals surface area contributed by atoms with Gasteiger partial charge >= 0.3 is 0 Å². The van der Waals surface area contributed by atoms with Crippen molar-refractivity contribution in [3.63, 3.8) is 0 Å². The maximum Gasteiger partial charge on any atom is 0.155 e. The van der Waals surface area contributed by atoms with Crippen LogP contribution in [0.2, 0.25) is 0 Å². The van der Waals surface area contributed by atoms with E-state index in [0.717, 1.165) is 62.3 Å². The fraction of sp³-hybridized carbons (Fsp3) is 0.179. The van der Waals surface area contributed by atoms with Crippen LogP contribution in [0.5, 0.6) is 0 Å². The first-order valence-electron chi connectivity index (χ1n) is 12.2. The second-order valence-electron chi connectivity index (χ2n) is 9.30. The normalized spacial score (nSPS) is 14.2. The van der Waals surface area contributed by atoms with E-state index in [1.54, 1.807) is 12.4 Å². The van der Waals surface area contributed by atoms with Crippen molar-refractivity contribution in [2.24, 2.45) is 0 Å². The average molecular weight is 473 g/mol. The first-order chi connectivity index (χ1) is 17.8. The highest BCUT2D eigenvalue weighted by molar-refractivity contribution is 5.99. The quantitative estimate of drug-likeness (QED) is 0.357. The van der Waals surface area contributed by atoms with Gasteiger partial charge in [0.15, 0.2) is 5.65 Å². The fourth-order valence-corrected chi connectivity index (χ4v) is 5.14. The molecule has 0 atom stereocenters. The molecule has 0 saturated carbocycles. The molecule has 8 heteroatoms. The topological polar surface area (TPSA) is 99.3 Å². The Morgan fingerprint density at radius 3 is 2.50 bits per heavy atom. The van der Waals surface area contributed by atoms with Crippen LogP contribution in [0.3, 0.4) is 0 Å². The summed E-state index contributed by atoms with van der Waals surface area (Å²) in [4.78, 5) is 23.8. The van der Waals surface area contributed by atoms with Gasteiger partial charge in [0.1, 0.15) is 11.3 Å². The van der Waals surface area contributed by atoms with Gasteiger partial charge in [-0.3, -0.25) is 20.0 Å². The molecule has 0 amide bonds. The first-order valence-corrected chi connectivity index (χ1v) is 12.2. The second kappa shape index (κ2) is 8.66. The molecule has 0 aliphatic carbocycles. The highest BCUT2D eigenvalue weighted by Crippen LogP contribution is 2.34. The monoisotopic (exact) mass is 472 g/mol. The van der Waals surface area contributed by atoms with Gasteiger partial charge in [0.05, 0.1) is 5.69 Å². The number of aromatic nitrogens is 7. The van der Waals surface area contributed by atoms with Gasteiger partial charge in [0.25, 0.3) is 0 Å². The van der Waals surface area contributed by atoms with Crippen LogP contribution < -0.4 is 0 Å². The Hall–Kier alpha value is -4.43. The number of fused-ring (bicyclic) bond motifs is 2. The van der Waals surface area contributed by atoms with Crippen LogP contribution in [-0.4, -0.2) is 53.1 Å². The van der Waals surface area contributed by atoms with Crippen LogP contribution in [0, 0.1) is 0 Å². The lowest BCUT2D eigenvalue weighted by Gasteiger charge is -2.14. The fourth-order valence-electron chi connectivity index (χ4n) is 5.14. The van der Waals surface area contributed by atoms with E-state index >= 15 is 0 Å². The molecule has 1 aliphatic heterocycles. The summed E-state index contributed by atoms with van der Waals surface area (Å²) in [6.45, 7) is 3.27. The number of nitrogens with one attached hydrogen (secondary N) is 2. The number of hydrogen-bond acceptors (Lipinski definition) is 6. The molecular weight excluding hydrogens is 448 g/mol. The van der Waals surface area contributed by atoms with E-state index in [1.807, 2.05) is 43.0 Å². The van der Waals surface area contributed by atoms with E-state index in [-0.39, 0.29) is 0 Å². The molecular formula is C28H24N8. The van der Waals surface area contributed by atoms with Gasteiger partial charge in [-0.1, -0.05) is 0 Å². The summed E-state index contributed by atoms with van der Waals surface area (Å²) in [5.74, 6) is 0. The molecule has 7 rings (SSSR count). The van der Waals surface area contributed by atoms with Crippen molar-refractivity contribution in [1.29, 1.82) is 0 Å². The number of aromatic amines is 2. The Labute approximate surface area is 207 Å². The SMILES string of the molecule is c1cc(-c2ccnc3[nH]c(-c4n[nH]c5ncc(-c6cncc(CN7CCCC7)c6)cc45)cc23)ccn1. The maximum atomic E-state index is 4.66. The zero-order valence-electron chi connectivity index (χ0n) is 19.6. The lowest BCUT2D eigenvalue weighted by atomic mass is 10.0. The zero-order valence-corrected chi connectivity index (χ0v) is 19.6. The zero-order chi connectivity index (χ0) is 23.9. The minimum Gasteiger partial charge on any atom is -0.338 e. The van der Waals surface area contributed by atoms with Crippen molar-refractivity contribution in [1.82, 2.24) is 40.0 Å². The molecule has 0 spiro atoms. The summed E-state index contributed by atoms with van der Waals surface area (Å²) >= 11 is 0. The maximum absolute atomic E-state index is 4.66. The minimum absolute atomic E-state index is 0.746. The molecule has 1 fully saturated rings. The van der Waals surface area contributed by atoms with Crippen LogP contribution in [0.1, 0.15) is 18.4 Å². The van der Waals surface area contributed by atoms with E-state index in [1.165, 1.54) is 31.5 Å². The molecule has 2 N–H and O–H groups in total. The van der Waals surface area contributed by atoms with Crippen LogP contribution in [0.25, 0.3) is 55.7 Å². The smallest absolute Gasteiger partial charge is 0.155 e. The van der Waals surface area contributed by atoms with Gasteiger partial charge in [0, 0.05) is 65.6 Å². The van der Waals surface area contributed by atoms with E-state index < -0.39 is 0 Å². The third kappa shape index (κ3) is 3.72. The predicted octanol–water partition coefficient (Wildman–Crippen LogP) is 5.22. The number of likely N-dealkylation sites (tertiary alicyclic amines) is 1. The molecule has 8 nitrogen and oxygen atoms in total. The molecule has 6 aromatic heterocycles. The lowest BCUT2D eigenvalue weighted by molar-refractivity contribution is 0.331. The van der Waals surface area contributed by atoms with Crippen LogP contribution in [-0.2, 0) is 6.54 Å². The van der Waals surface area contributed by atoms with Crippen molar-refractivity contribution in [2.75, 3.05) is 13.1 Å². The number of rotatable bonds is 5. The molecule has 0 radical (unpaired) electrons. The van der Waals surface area contributed by atoms with E-state index in [9.17, 15) is 0 Å². The van der Waals surface area contributed by atoms with Gasteiger partial charge in [0.2, 0.25) is 0 Å². The highest BCUT2D eigenvalue weighted by Gasteiger charge is 2.16. The second-order valence-corrected chi connectivity index (χ2v) is 9.30. The van der Waals surface area contributed by atoms with Gasteiger partial charge in [-0.05, 0) is 79.0 Å². The standard InChI is InChI=1S/C28H24N8/c1-2-10-36(9-1)17-18-11-20(15-30-14-18)21-12-24-26(34-35-28(24)32-16-21)25-13-23-22(5-8-31-27(23)33-25)19-3-6-29-7-4-19/h3-8,11-16H,1-2,9-10,17H2,(H,31,33)(H,32,34,35). The number of nitrogens with zero attached hydrogens (tertiary/aromatic N) is 6. The molecule has 1 aliphatic rings. The molecule has 0 bridgehead atoms. The Bertz CT molecular complexity index is 1680. The van der Waals surface area contributed by atoms with E-state index in [2.05, 4.69) is 58.2 Å². The van der Waals surface area contributed by atoms with Crippen molar-refractivity contribution < 1.29 is 0 Å². The summed E-state index contributed by atoms with van der Waals surface area (Å²) in [6.07, 6.45) is 13.8. The van der Waals surface area contributed by atoms with Gasteiger partial charge in [-0.2, -0.15) is 5.10 Å². The van der Waals surface area contributed by atoms with Crippen molar-refractivity contribution in [3.8, 4) is 33.6 Å². The number of hydrogen-bond donors (Lipinski definition) is 2. The summed E-state index contributed by atoms with van der Waals surface area (Å²) in [5.41, 5.74) is 8.79. The molecule has 176 valence electrons. The third-order valence-electron chi connectivity index (χ3n) is 6.93.